The number of nitrogens with two attached hydrogens (primary N) is 1. The van der Waals surface area contributed by atoms with Gasteiger partial charge >= 0.3 is 0 Å². The Morgan fingerprint density at radius 3 is 2.29 bits per heavy atom. The van der Waals surface area contributed by atoms with Crippen molar-refractivity contribution in [1.82, 2.24) is 5.32 Å². The quantitative estimate of drug-likeness (QED) is 0.826. The van der Waals surface area contributed by atoms with Gasteiger partial charge in [-0.15, -0.1) is 0 Å². The van der Waals surface area contributed by atoms with Gasteiger partial charge in [-0.2, -0.15) is 0 Å². The van der Waals surface area contributed by atoms with Gasteiger partial charge in [-0.25, -0.2) is 0 Å². The predicted octanol–water partition coefficient (Wildman–Crippen LogP) is 1.24. The molecule has 1 unspecified atom stereocenters. The Bertz CT molecular complexity index is 365. The summed E-state index contributed by atoms with van der Waals surface area (Å²) in [6.07, 6.45) is 2.20. The molecule has 2 rings (SSSR count). The fourth-order valence-corrected chi connectivity index (χ4v) is 2.43. The molecule has 1 saturated heterocycles. The normalized spacial score (nSPS) is 23.7. The first-order valence-electron chi connectivity index (χ1n) is 5.93. The zero-order valence-corrected chi connectivity index (χ0v) is 10.5. The van der Waals surface area contributed by atoms with Crippen LogP contribution >= 0.6 is 0 Å². The number of rotatable bonds is 4. The van der Waals surface area contributed by atoms with Crippen molar-refractivity contribution >= 4 is 0 Å². The highest BCUT2D eigenvalue weighted by Crippen LogP contribution is 2.34. The maximum absolute atomic E-state index is 5.94. The molecule has 0 amide bonds. The van der Waals surface area contributed by atoms with E-state index in [-0.39, 0.29) is 5.54 Å². The lowest BCUT2D eigenvalue weighted by Gasteiger charge is -2.29. The van der Waals surface area contributed by atoms with Gasteiger partial charge in [-0.3, -0.25) is 0 Å². The summed E-state index contributed by atoms with van der Waals surface area (Å²) < 4.78 is 10.6. The molecular formula is C13H20N2O2. The van der Waals surface area contributed by atoms with E-state index in [2.05, 4.69) is 5.32 Å². The van der Waals surface area contributed by atoms with Gasteiger partial charge in [0.15, 0.2) is 0 Å². The van der Waals surface area contributed by atoms with Crippen LogP contribution in [0.5, 0.6) is 11.5 Å². The zero-order valence-electron chi connectivity index (χ0n) is 10.5. The molecule has 4 nitrogen and oxygen atoms in total. The number of benzene rings is 1. The summed E-state index contributed by atoms with van der Waals surface area (Å²) in [5.41, 5.74) is 6.96. The summed E-state index contributed by atoms with van der Waals surface area (Å²) in [6.45, 7) is 1.60. The van der Waals surface area contributed by atoms with E-state index in [1.165, 1.54) is 0 Å². The highest BCUT2D eigenvalue weighted by molar-refractivity contribution is 5.42. The largest absolute Gasteiger partial charge is 0.497 e. The SMILES string of the molecule is COc1cc(OC)cc(C2(CN)CCCN2)c1. The minimum atomic E-state index is -0.123. The Hall–Kier alpha value is -1.26. The minimum Gasteiger partial charge on any atom is -0.497 e. The smallest absolute Gasteiger partial charge is 0.122 e. The average molecular weight is 236 g/mol. The van der Waals surface area contributed by atoms with Gasteiger partial charge in [0, 0.05) is 12.6 Å². The summed E-state index contributed by atoms with van der Waals surface area (Å²) in [4.78, 5) is 0. The second-order valence-electron chi connectivity index (χ2n) is 4.42. The van der Waals surface area contributed by atoms with E-state index in [1.54, 1.807) is 14.2 Å². The second-order valence-corrected chi connectivity index (χ2v) is 4.42. The maximum atomic E-state index is 5.94. The Labute approximate surface area is 102 Å². The van der Waals surface area contributed by atoms with Crippen LogP contribution in [0.4, 0.5) is 0 Å². The van der Waals surface area contributed by atoms with Crippen LogP contribution in [0, 0.1) is 0 Å². The summed E-state index contributed by atoms with van der Waals surface area (Å²) in [7, 11) is 3.32. The van der Waals surface area contributed by atoms with Gasteiger partial charge in [-0.1, -0.05) is 0 Å². The molecule has 0 aliphatic carbocycles. The molecule has 4 heteroatoms. The maximum Gasteiger partial charge on any atom is 0.122 e. The molecule has 1 aromatic carbocycles. The monoisotopic (exact) mass is 236 g/mol. The van der Waals surface area contributed by atoms with Gasteiger partial charge in [0.1, 0.15) is 11.5 Å². The molecule has 0 spiro atoms. The van der Waals surface area contributed by atoms with Gasteiger partial charge in [-0.05, 0) is 37.1 Å². The number of ether oxygens (including phenoxy) is 2. The number of nitrogens with one attached hydrogen (secondary N) is 1. The molecule has 94 valence electrons. The summed E-state index contributed by atoms with van der Waals surface area (Å²) >= 11 is 0. The summed E-state index contributed by atoms with van der Waals surface area (Å²) in [5, 5.41) is 3.50. The van der Waals surface area contributed by atoms with E-state index in [0.29, 0.717) is 6.54 Å². The predicted molar refractivity (Wildman–Crippen MR) is 67.5 cm³/mol. The molecule has 0 saturated carbocycles. The van der Waals surface area contributed by atoms with Gasteiger partial charge in [0.25, 0.3) is 0 Å². The van der Waals surface area contributed by atoms with E-state index in [4.69, 9.17) is 15.2 Å². The van der Waals surface area contributed by atoms with Crippen molar-refractivity contribution in [2.75, 3.05) is 27.3 Å². The van der Waals surface area contributed by atoms with E-state index >= 15 is 0 Å². The number of methoxy groups -OCH3 is 2. The first-order valence-corrected chi connectivity index (χ1v) is 5.93. The van der Waals surface area contributed by atoms with Crippen molar-refractivity contribution in [3.63, 3.8) is 0 Å². The number of hydrogen-bond donors (Lipinski definition) is 2. The van der Waals surface area contributed by atoms with Gasteiger partial charge in [0.05, 0.1) is 19.8 Å². The summed E-state index contributed by atoms with van der Waals surface area (Å²) in [6, 6.07) is 5.95. The molecule has 17 heavy (non-hydrogen) atoms. The van der Waals surface area contributed by atoms with Crippen molar-refractivity contribution in [2.24, 2.45) is 5.73 Å². The third-order valence-corrected chi connectivity index (χ3v) is 3.50. The standard InChI is InChI=1S/C13H20N2O2/c1-16-11-6-10(7-12(8-11)17-2)13(9-14)4-3-5-15-13/h6-8,15H,3-5,9,14H2,1-2H3. The molecule has 1 aliphatic heterocycles. The van der Waals surface area contributed by atoms with Crippen LogP contribution in [-0.2, 0) is 5.54 Å². The van der Waals surface area contributed by atoms with Gasteiger partial charge < -0.3 is 20.5 Å². The zero-order chi connectivity index (χ0) is 12.3. The van der Waals surface area contributed by atoms with E-state index in [9.17, 15) is 0 Å². The lowest BCUT2D eigenvalue weighted by Crippen LogP contribution is -2.43. The molecule has 1 fully saturated rings. The first kappa shape index (κ1) is 12.2. The molecule has 1 atom stereocenters. The van der Waals surface area contributed by atoms with Crippen molar-refractivity contribution in [3.8, 4) is 11.5 Å². The van der Waals surface area contributed by atoms with Crippen LogP contribution in [0.2, 0.25) is 0 Å². The topological polar surface area (TPSA) is 56.5 Å². The van der Waals surface area contributed by atoms with Crippen molar-refractivity contribution in [3.05, 3.63) is 23.8 Å². The molecular weight excluding hydrogens is 216 g/mol. The third kappa shape index (κ3) is 2.23. The Balaban J connectivity index is 2.42. The third-order valence-electron chi connectivity index (χ3n) is 3.50. The van der Waals surface area contributed by atoms with E-state index in [1.807, 2.05) is 18.2 Å². The molecule has 0 bridgehead atoms. The number of hydrogen-bond acceptors (Lipinski definition) is 4. The van der Waals surface area contributed by atoms with Crippen molar-refractivity contribution in [2.45, 2.75) is 18.4 Å². The summed E-state index contributed by atoms with van der Waals surface area (Å²) in [5.74, 6) is 1.61. The van der Waals surface area contributed by atoms with Crippen molar-refractivity contribution in [1.29, 1.82) is 0 Å². The van der Waals surface area contributed by atoms with Crippen LogP contribution in [0.1, 0.15) is 18.4 Å². The minimum absolute atomic E-state index is 0.123. The van der Waals surface area contributed by atoms with Crippen molar-refractivity contribution < 1.29 is 9.47 Å². The Kier molecular flexibility index (Phi) is 3.54. The van der Waals surface area contributed by atoms with Gasteiger partial charge in [0.2, 0.25) is 0 Å². The van der Waals surface area contributed by atoms with E-state index < -0.39 is 0 Å². The highest BCUT2D eigenvalue weighted by atomic mass is 16.5. The fraction of sp³-hybridized carbons (Fsp3) is 0.538. The van der Waals surface area contributed by atoms with Crippen LogP contribution in [0.15, 0.2) is 18.2 Å². The Morgan fingerprint density at radius 2 is 1.88 bits per heavy atom. The molecule has 1 aliphatic rings. The fourth-order valence-electron chi connectivity index (χ4n) is 2.43. The average Bonchev–Trinajstić information content (AvgIpc) is 2.88. The molecule has 1 heterocycles. The molecule has 1 aromatic rings. The Morgan fingerprint density at radius 1 is 1.24 bits per heavy atom. The lowest BCUT2D eigenvalue weighted by atomic mass is 9.88. The first-order chi connectivity index (χ1) is 8.24. The van der Waals surface area contributed by atoms with Crippen LogP contribution in [0.25, 0.3) is 0 Å². The second kappa shape index (κ2) is 4.94. The van der Waals surface area contributed by atoms with Crippen LogP contribution < -0.4 is 20.5 Å². The molecule has 3 N–H and O–H groups in total. The van der Waals surface area contributed by atoms with Crippen LogP contribution in [0.3, 0.4) is 0 Å². The highest BCUT2D eigenvalue weighted by Gasteiger charge is 2.34. The molecule has 0 radical (unpaired) electrons. The molecule has 0 aromatic heterocycles. The van der Waals surface area contributed by atoms with Crippen LogP contribution in [-0.4, -0.2) is 27.3 Å². The lowest BCUT2D eigenvalue weighted by molar-refractivity contribution is 0.374. The van der Waals surface area contributed by atoms with E-state index in [0.717, 1.165) is 36.4 Å².